The monoisotopic (exact) mass is 330 g/mol. The van der Waals surface area contributed by atoms with Crippen molar-refractivity contribution >= 4 is 55.8 Å². The maximum absolute atomic E-state index is 14.0. The predicted octanol–water partition coefficient (Wildman–Crippen LogP) is 4.03. The number of hydrogen-bond donors (Lipinski definition) is 2. The fraction of sp³-hybridized carbons (Fsp3) is 0. The Morgan fingerprint density at radius 3 is 2.76 bits per heavy atom. The molecule has 2 nitrogen and oxygen atoms in total. The highest BCUT2D eigenvalue weighted by Gasteiger charge is 2.12. The van der Waals surface area contributed by atoms with Crippen LogP contribution in [0.1, 0.15) is 5.56 Å². The molecule has 3 N–H and O–H groups in total. The first-order valence-corrected chi connectivity index (χ1v) is 6.81. The topological polar surface area (TPSA) is 38.0 Å². The largest absolute Gasteiger partial charge is 0.389 e. The Bertz CT molecular complexity index is 555. The second-order valence-electron chi connectivity index (χ2n) is 3.29. The summed E-state index contributed by atoms with van der Waals surface area (Å²) in [4.78, 5) is 0.165. The van der Waals surface area contributed by atoms with Gasteiger partial charge in [-0.15, -0.1) is 0 Å². The Morgan fingerprint density at radius 1 is 1.41 bits per heavy atom. The molecule has 0 saturated carbocycles. The van der Waals surface area contributed by atoms with Crippen LogP contribution in [0.4, 0.5) is 15.8 Å². The van der Waals surface area contributed by atoms with Crippen LogP contribution in [-0.2, 0) is 0 Å². The molecule has 0 bridgehead atoms. The van der Waals surface area contributed by atoms with Gasteiger partial charge in [-0.3, -0.25) is 0 Å². The molecule has 0 spiro atoms. The van der Waals surface area contributed by atoms with Gasteiger partial charge in [-0.2, -0.15) is 11.3 Å². The molecule has 0 aliphatic heterocycles. The van der Waals surface area contributed by atoms with Crippen molar-refractivity contribution in [1.82, 2.24) is 0 Å². The van der Waals surface area contributed by atoms with E-state index in [0.29, 0.717) is 11.3 Å². The molecular weight excluding hydrogens is 323 g/mol. The minimum Gasteiger partial charge on any atom is -0.389 e. The van der Waals surface area contributed by atoms with Crippen LogP contribution >= 0.6 is 39.5 Å². The van der Waals surface area contributed by atoms with E-state index in [1.54, 1.807) is 12.1 Å². The molecule has 0 aliphatic rings. The summed E-state index contributed by atoms with van der Waals surface area (Å²) in [5.41, 5.74) is 7.21. The normalized spacial score (nSPS) is 10.2. The first kappa shape index (κ1) is 12.5. The maximum Gasteiger partial charge on any atom is 0.161 e. The van der Waals surface area contributed by atoms with Gasteiger partial charge in [0.2, 0.25) is 0 Å². The van der Waals surface area contributed by atoms with Crippen LogP contribution in [0.25, 0.3) is 0 Å². The van der Waals surface area contributed by atoms with Crippen molar-refractivity contribution in [2.75, 3.05) is 5.32 Å². The summed E-state index contributed by atoms with van der Waals surface area (Å²) in [5.74, 6) is -0.401. The number of nitrogens with two attached hydrogens (primary N) is 1. The van der Waals surface area contributed by atoms with Crippen LogP contribution in [-0.4, -0.2) is 4.99 Å². The van der Waals surface area contributed by atoms with E-state index in [2.05, 4.69) is 21.2 Å². The molecule has 2 rings (SSSR count). The summed E-state index contributed by atoms with van der Waals surface area (Å²) in [7, 11) is 0. The lowest BCUT2D eigenvalue weighted by Gasteiger charge is -2.09. The van der Waals surface area contributed by atoms with E-state index in [9.17, 15) is 4.39 Å². The molecule has 0 fully saturated rings. The van der Waals surface area contributed by atoms with Crippen molar-refractivity contribution in [1.29, 1.82) is 0 Å². The van der Waals surface area contributed by atoms with Gasteiger partial charge in [0, 0.05) is 16.6 Å². The highest BCUT2D eigenvalue weighted by atomic mass is 79.9. The average molecular weight is 331 g/mol. The lowest BCUT2D eigenvalue weighted by molar-refractivity contribution is 0.625. The Labute approximate surface area is 116 Å². The molecule has 1 aromatic carbocycles. The number of thiophene rings is 1. The standard InChI is InChI=1S/C11H8BrFN2S2/c12-9-7(11(14)16)1-2-8(10(9)13)15-6-3-4-17-5-6/h1-5,15H,(H2,14,16). The summed E-state index contributed by atoms with van der Waals surface area (Å²) in [5, 5.41) is 6.79. The molecule has 1 aromatic heterocycles. The van der Waals surface area contributed by atoms with Crippen molar-refractivity contribution in [3.63, 3.8) is 0 Å². The number of thiocarbonyl (C=S) groups is 1. The van der Waals surface area contributed by atoms with E-state index in [1.807, 2.05) is 16.8 Å². The molecular formula is C11H8BrFN2S2. The van der Waals surface area contributed by atoms with Gasteiger partial charge in [0.25, 0.3) is 0 Å². The molecule has 17 heavy (non-hydrogen) atoms. The fourth-order valence-corrected chi connectivity index (χ4v) is 2.78. The molecule has 88 valence electrons. The molecule has 0 unspecified atom stereocenters. The number of nitrogens with one attached hydrogen (secondary N) is 1. The minimum atomic E-state index is -0.401. The predicted molar refractivity (Wildman–Crippen MR) is 77.6 cm³/mol. The van der Waals surface area contributed by atoms with Gasteiger partial charge in [-0.1, -0.05) is 12.2 Å². The van der Waals surface area contributed by atoms with Gasteiger partial charge in [0.15, 0.2) is 5.82 Å². The fourth-order valence-electron chi connectivity index (χ4n) is 1.33. The highest BCUT2D eigenvalue weighted by molar-refractivity contribution is 9.10. The number of rotatable bonds is 3. The van der Waals surface area contributed by atoms with Gasteiger partial charge >= 0.3 is 0 Å². The van der Waals surface area contributed by atoms with Crippen LogP contribution in [0.2, 0.25) is 0 Å². The molecule has 0 aliphatic carbocycles. The molecule has 0 saturated heterocycles. The van der Waals surface area contributed by atoms with Crippen molar-refractivity contribution in [3.8, 4) is 0 Å². The quantitative estimate of drug-likeness (QED) is 0.834. The van der Waals surface area contributed by atoms with Gasteiger partial charge in [-0.05, 0) is 39.5 Å². The number of benzene rings is 1. The Morgan fingerprint density at radius 2 is 2.18 bits per heavy atom. The van der Waals surface area contributed by atoms with Crippen LogP contribution in [0.5, 0.6) is 0 Å². The van der Waals surface area contributed by atoms with E-state index >= 15 is 0 Å². The first-order chi connectivity index (χ1) is 8.09. The lowest BCUT2D eigenvalue weighted by atomic mass is 10.2. The molecule has 0 amide bonds. The molecule has 1 heterocycles. The summed E-state index contributed by atoms with van der Waals surface area (Å²) < 4.78 is 14.3. The van der Waals surface area contributed by atoms with Crippen molar-refractivity contribution in [2.45, 2.75) is 0 Å². The third-order valence-corrected chi connectivity index (χ3v) is 3.83. The number of anilines is 2. The summed E-state index contributed by atoms with van der Waals surface area (Å²) >= 11 is 9.53. The smallest absolute Gasteiger partial charge is 0.161 e. The van der Waals surface area contributed by atoms with E-state index in [1.165, 1.54) is 11.3 Å². The van der Waals surface area contributed by atoms with Gasteiger partial charge in [0.05, 0.1) is 10.2 Å². The van der Waals surface area contributed by atoms with Crippen molar-refractivity contribution in [3.05, 3.63) is 44.8 Å². The van der Waals surface area contributed by atoms with Crippen molar-refractivity contribution in [2.24, 2.45) is 5.73 Å². The van der Waals surface area contributed by atoms with Gasteiger partial charge < -0.3 is 11.1 Å². The molecule has 0 radical (unpaired) electrons. The molecule has 0 atom stereocenters. The number of halogens is 2. The summed E-state index contributed by atoms with van der Waals surface area (Å²) in [6.07, 6.45) is 0. The Balaban J connectivity index is 2.37. The molecule has 2 aromatic rings. The average Bonchev–Trinajstić information content (AvgIpc) is 2.77. The maximum atomic E-state index is 14.0. The second kappa shape index (κ2) is 5.12. The van der Waals surface area contributed by atoms with Crippen LogP contribution in [0.3, 0.4) is 0 Å². The summed E-state index contributed by atoms with van der Waals surface area (Å²) in [6.45, 7) is 0. The van der Waals surface area contributed by atoms with Gasteiger partial charge in [-0.25, -0.2) is 4.39 Å². The van der Waals surface area contributed by atoms with Crippen molar-refractivity contribution < 1.29 is 4.39 Å². The van der Waals surface area contributed by atoms with E-state index in [0.717, 1.165) is 5.69 Å². The Kier molecular flexibility index (Phi) is 3.76. The SMILES string of the molecule is NC(=S)c1ccc(Nc2ccsc2)c(F)c1Br. The van der Waals surface area contributed by atoms with Crippen LogP contribution < -0.4 is 11.1 Å². The van der Waals surface area contributed by atoms with Gasteiger partial charge in [0.1, 0.15) is 4.99 Å². The minimum absolute atomic E-state index is 0.165. The van der Waals surface area contributed by atoms with Crippen LogP contribution in [0, 0.1) is 5.82 Å². The zero-order valence-electron chi connectivity index (χ0n) is 8.54. The van der Waals surface area contributed by atoms with E-state index in [-0.39, 0.29) is 9.46 Å². The highest BCUT2D eigenvalue weighted by Crippen LogP contribution is 2.29. The van der Waals surface area contributed by atoms with Crippen LogP contribution in [0.15, 0.2) is 33.4 Å². The lowest BCUT2D eigenvalue weighted by Crippen LogP contribution is -2.11. The zero-order valence-corrected chi connectivity index (χ0v) is 11.8. The summed E-state index contributed by atoms with van der Waals surface area (Å²) in [6, 6.07) is 5.18. The number of hydrogen-bond acceptors (Lipinski definition) is 3. The zero-order chi connectivity index (χ0) is 12.4. The molecule has 6 heteroatoms. The Hall–Kier alpha value is -0.980. The third kappa shape index (κ3) is 2.65. The van der Waals surface area contributed by atoms with E-state index in [4.69, 9.17) is 18.0 Å². The van der Waals surface area contributed by atoms with E-state index < -0.39 is 5.82 Å². The second-order valence-corrected chi connectivity index (χ2v) is 5.30. The first-order valence-electron chi connectivity index (χ1n) is 4.66. The third-order valence-electron chi connectivity index (χ3n) is 2.15.